The average Bonchev–Trinajstić information content (AvgIpc) is 2.46. The molecule has 1 aromatic carbocycles. The zero-order chi connectivity index (χ0) is 15.2. The van der Waals surface area contributed by atoms with Crippen molar-refractivity contribution in [3.8, 4) is 5.75 Å². The Bertz CT molecular complexity index is 474. The van der Waals surface area contributed by atoms with Crippen LogP contribution in [0.15, 0.2) is 24.3 Å². The molecule has 0 atom stereocenters. The monoisotopic (exact) mass is 298 g/mol. The summed E-state index contributed by atoms with van der Waals surface area (Å²) in [7, 11) is 0. The number of primary amides is 1. The topological polar surface area (TPSA) is 64.4 Å². The second-order valence-corrected chi connectivity index (χ2v) is 5.32. The van der Waals surface area contributed by atoms with Gasteiger partial charge in [0.1, 0.15) is 5.75 Å². The highest BCUT2D eigenvalue weighted by Gasteiger charge is 2.24. The number of hydrogen-bond acceptors (Lipinski definition) is 3. The fourth-order valence-corrected chi connectivity index (χ4v) is 2.70. The van der Waals surface area contributed by atoms with Gasteiger partial charge in [0.15, 0.2) is 0 Å². The van der Waals surface area contributed by atoms with Crippen LogP contribution in [0.2, 0.25) is 0 Å². The first-order valence-corrected chi connectivity index (χ1v) is 7.11. The lowest BCUT2D eigenvalue weighted by Gasteiger charge is -2.27. The lowest BCUT2D eigenvalue weighted by atomic mass is 9.85. The van der Waals surface area contributed by atoms with E-state index in [1.165, 1.54) is 6.07 Å². The van der Waals surface area contributed by atoms with Crippen molar-refractivity contribution in [2.75, 3.05) is 0 Å². The van der Waals surface area contributed by atoms with Crippen LogP contribution in [0.25, 0.3) is 0 Å². The maximum atomic E-state index is 12.3. The largest absolute Gasteiger partial charge is 0.434 e. The minimum Gasteiger partial charge on any atom is -0.434 e. The highest BCUT2D eigenvalue weighted by Crippen LogP contribution is 2.25. The van der Waals surface area contributed by atoms with Gasteiger partial charge in [-0.15, -0.1) is 0 Å². The maximum Gasteiger partial charge on any atom is 0.387 e. The Labute approximate surface area is 122 Å². The van der Waals surface area contributed by atoms with Crippen LogP contribution in [0.1, 0.15) is 31.2 Å². The number of carbonyl (C=O) groups excluding carboxylic acids is 1. The van der Waals surface area contributed by atoms with Crippen LogP contribution >= 0.6 is 0 Å². The summed E-state index contributed by atoms with van der Waals surface area (Å²) < 4.78 is 29.2. The van der Waals surface area contributed by atoms with Crippen molar-refractivity contribution in [2.45, 2.75) is 44.9 Å². The molecule has 1 amide bonds. The van der Waals surface area contributed by atoms with Crippen LogP contribution < -0.4 is 15.8 Å². The molecule has 1 aliphatic rings. The Balaban J connectivity index is 1.85. The number of para-hydroxylation sites is 1. The molecule has 1 aromatic rings. The Hall–Kier alpha value is -1.69. The predicted molar refractivity (Wildman–Crippen MR) is 74.9 cm³/mol. The summed E-state index contributed by atoms with van der Waals surface area (Å²) in [5, 5.41) is 3.33. The minimum atomic E-state index is -2.82. The summed E-state index contributed by atoms with van der Waals surface area (Å²) in [6, 6.07) is 7.03. The molecule has 0 heterocycles. The minimum absolute atomic E-state index is 0.0301. The highest BCUT2D eigenvalue weighted by atomic mass is 19.3. The summed E-state index contributed by atoms with van der Waals surface area (Å²) in [6.07, 6.45) is 3.29. The number of ether oxygens (including phenoxy) is 1. The fourth-order valence-electron chi connectivity index (χ4n) is 2.70. The molecule has 0 bridgehead atoms. The van der Waals surface area contributed by atoms with Gasteiger partial charge in [-0.3, -0.25) is 4.79 Å². The van der Waals surface area contributed by atoms with Gasteiger partial charge >= 0.3 is 6.61 Å². The van der Waals surface area contributed by atoms with E-state index in [0.29, 0.717) is 12.1 Å². The molecule has 2 rings (SSSR count). The van der Waals surface area contributed by atoms with Gasteiger partial charge in [-0.05, 0) is 31.7 Å². The number of alkyl halides is 2. The van der Waals surface area contributed by atoms with E-state index in [1.54, 1.807) is 18.2 Å². The quantitative estimate of drug-likeness (QED) is 0.847. The van der Waals surface area contributed by atoms with Crippen molar-refractivity contribution in [3.05, 3.63) is 29.8 Å². The molecular weight excluding hydrogens is 278 g/mol. The zero-order valence-electron chi connectivity index (χ0n) is 11.7. The molecule has 0 radical (unpaired) electrons. The molecule has 4 nitrogen and oxygen atoms in total. The number of rotatable bonds is 6. The van der Waals surface area contributed by atoms with Crippen molar-refractivity contribution >= 4 is 5.91 Å². The smallest absolute Gasteiger partial charge is 0.387 e. The molecule has 116 valence electrons. The van der Waals surface area contributed by atoms with Crippen LogP contribution in [-0.4, -0.2) is 18.6 Å². The van der Waals surface area contributed by atoms with Crippen molar-refractivity contribution < 1.29 is 18.3 Å². The van der Waals surface area contributed by atoms with Crippen LogP contribution in [0.5, 0.6) is 5.75 Å². The third-order valence-electron chi connectivity index (χ3n) is 3.90. The molecule has 1 saturated carbocycles. The molecule has 6 heteroatoms. The molecule has 0 unspecified atom stereocenters. The SMILES string of the molecule is NC(=O)C1CCC(NCc2ccccc2OC(F)F)CC1. The first-order valence-electron chi connectivity index (χ1n) is 7.11. The lowest BCUT2D eigenvalue weighted by Crippen LogP contribution is -2.36. The van der Waals surface area contributed by atoms with Gasteiger partial charge in [0.25, 0.3) is 0 Å². The number of halogens is 2. The Morgan fingerprint density at radius 2 is 1.95 bits per heavy atom. The highest BCUT2D eigenvalue weighted by molar-refractivity contribution is 5.76. The van der Waals surface area contributed by atoms with Gasteiger partial charge in [-0.25, -0.2) is 0 Å². The molecule has 3 N–H and O–H groups in total. The second-order valence-electron chi connectivity index (χ2n) is 5.32. The Morgan fingerprint density at radius 1 is 1.29 bits per heavy atom. The molecule has 1 aliphatic carbocycles. The number of amides is 1. The molecule has 0 aliphatic heterocycles. The van der Waals surface area contributed by atoms with E-state index in [9.17, 15) is 13.6 Å². The summed E-state index contributed by atoms with van der Waals surface area (Å²) >= 11 is 0. The summed E-state index contributed by atoms with van der Waals surface area (Å²) in [5.74, 6) is -0.0625. The zero-order valence-corrected chi connectivity index (χ0v) is 11.7. The van der Waals surface area contributed by atoms with E-state index < -0.39 is 6.61 Å². The summed E-state index contributed by atoms with van der Waals surface area (Å²) in [5.41, 5.74) is 6.00. The summed E-state index contributed by atoms with van der Waals surface area (Å²) in [4.78, 5) is 11.1. The van der Waals surface area contributed by atoms with Crippen LogP contribution in [0, 0.1) is 5.92 Å². The van der Waals surface area contributed by atoms with Gasteiger partial charge in [-0.2, -0.15) is 8.78 Å². The molecule has 0 aromatic heterocycles. The molecule has 0 spiro atoms. The molecule has 0 saturated heterocycles. The fraction of sp³-hybridized carbons (Fsp3) is 0.533. The standard InChI is InChI=1S/C15H20F2N2O2/c16-15(17)21-13-4-2-1-3-11(13)9-19-12-7-5-10(6-8-12)14(18)20/h1-4,10,12,15,19H,5-9H2,(H2,18,20). The first-order chi connectivity index (χ1) is 10.1. The summed E-state index contributed by atoms with van der Waals surface area (Å²) in [6.45, 7) is -2.36. The van der Waals surface area contributed by atoms with E-state index >= 15 is 0 Å². The average molecular weight is 298 g/mol. The third kappa shape index (κ3) is 4.67. The van der Waals surface area contributed by atoms with Crippen molar-refractivity contribution in [1.82, 2.24) is 5.32 Å². The molecule has 1 fully saturated rings. The van der Waals surface area contributed by atoms with E-state index in [-0.39, 0.29) is 23.6 Å². The maximum absolute atomic E-state index is 12.3. The van der Waals surface area contributed by atoms with Crippen molar-refractivity contribution in [1.29, 1.82) is 0 Å². The first kappa shape index (κ1) is 15.7. The normalized spacial score (nSPS) is 22.2. The van der Waals surface area contributed by atoms with Gasteiger partial charge < -0.3 is 15.8 Å². The Kier molecular flexibility index (Phi) is 5.50. The third-order valence-corrected chi connectivity index (χ3v) is 3.90. The van der Waals surface area contributed by atoms with Crippen LogP contribution in [0.4, 0.5) is 8.78 Å². The number of nitrogens with two attached hydrogens (primary N) is 1. The van der Waals surface area contributed by atoms with Crippen LogP contribution in [-0.2, 0) is 11.3 Å². The predicted octanol–water partition coefficient (Wildman–Crippen LogP) is 2.42. The Morgan fingerprint density at radius 3 is 2.57 bits per heavy atom. The number of benzene rings is 1. The lowest BCUT2D eigenvalue weighted by molar-refractivity contribution is -0.122. The van der Waals surface area contributed by atoms with Crippen molar-refractivity contribution in [3.63, 3.8) is 0 Å². The van der Waals surface area contributed by atoms with Gasteiger partial charge in [0.2, 0.25) is 5.91 Å². The van der Waals surface area contributed by atoms with E-state index in [2.05, 4.69) is 10.1 Å². The number of nitrogens with one attached hydrogen (secondary N) is 1. The van der Waals surface area contributed by atoms with E-state index in [0.717, 1.165) is 25.7 Å². The van der Waals surface area contributed by atoms with Gasteiger partial charge in [0.05, 0.1) is 0 Å². The van der Waals surface area contributed by atoms with E-state index in [4.69, 9.17) is 5.73 Å². The molecule has 21 heavy (non-hydrogen) atoms. The second kappa shape index (κ2) is 7.36. The molecular formula is C15H20F2N2O2. The van der Waals surface area contributed by atoms with Gasteiger partial charge in [0, 0.05) is 24.1 Å². The number of carbonyl (C=O) groups is 1. The van der Waals surface area contributed by atoms with E-state index in [1.807, 2.05) is 0 Å². The van der Waals surface area contributed by atoms with Crippen molar-refractivity contribution in [2.24, 2.45) is 11.7 Å². The van der Waals surface area contributed by atoms with Gasteiger partial charge in [-0.1, -0.05) is 18.2 Å². The number of hydrogen-bond donors (Lipinski definition) is 2. The van der Waals surface area contributed by atoms with Crippen LogP contribution in [0.3, 0.4) is 0 Å².